The number of anilines is 1. The molecule has 1 amide bonds. The maximum atomic E-state index is 12.7. The molecule has 0 heterocycles. The molecule has 9 heteroatoms. The van der Waals surface area contributed by atoms with Gasteiger partial charge in [0.15, 0.2) is 0 Å². The van der Waals surface area contributed by atoms with E-state index in [1.54, 1.807) is 0 Å². The fraction of sp³-hybridized carbons (Fsp3) is 0.278. The second-order valence-electron chi connectivity index (χ2n) is 6.06. The van der Waals surface area contributed by atoms with Crippen molar-refractivity contribution in [1.82, 2.24) is 5.32 Å². The van der Waals surface area contributed by atoms with E-state index in [1.807, 2.05) is 31.2 Å². The average Bonchev–Trinajstić information content (AvgIpc) is 2.60. The molecule has 0 fully saturated rings. The van der Waals surface area contributed by atoms with Crippen LogP contribution in [0.2, 0.25) is 0 Å². The van der Waals surface area contributed by atoms with Gasteiger partial charge in [-0.2, -0.15) is 13.2 Å². The van der Waals surface area contributed by atoms with E-state index in [0.29, 0.717) is 6.07 Å². The molecule has 0 spiro atoms. The number of halogens is 3. The highest BCUT2D eigenvalue weighted by Gasteiger charge is 2.33. The molecule has 0 radical (unpaired) electrons. The molecular weight excluding hydrogens is 363 g/mol. The van der Waals surface area contributed by atoms with Crippen molar-refractivity contribution in [1.29, 1.82) is 0 Å². The van der Waals surface area contributed by atoms with Crippen LogP contribution in [0, 0.1) is 17.0 Å². The van der Waals surface area contributed by atoms with Crippen molar-refractivity contribution in [2.24, 2.45) is 0 Å². The van der Waals surface area contributed by atoms with E-state index in [9.17, 15) is 28.1 Å². The Balaban J connectivity index is 2.07. The van der Waals surface area contributed by atoms with Crippen LogP contribution in [0.5, 0.6) is 0 Å². The average molecular weight is 381 g/mol. The summed E-state index contributed by atoms with van der Waals surface area (Å²) in [5.41, 5.74) is -0.0818. The van der Waals surface area contributed by atoms with Crippen LogP contribution in [0.25, 0.3) is 0 Å². The Labute approximate surface area is 153 Å². The van der Waals surface area contributed by atoms with Crippen LogP contribution >= 0.6 is 0 Å². The third kappa shape index (κ3) is 5.44. The van der Waals surface area contributed by atoms with Gasteiger partial charge in [0.05, 0.1) is 10.5 Å². The summed E-state index contributed by atoms with van der Waals surface area (Å²) < 4.78 is 38.2. The molecule has 0 saturated carbocycles. The first-order chi connectivity index (χ1) is 12.6. The second-order valence-corrected chi connectivity index (χ2v) is 6.06. The molecule has 2 aromatic rings. The molecule has 0 aliphatic carbocycles. The van der Waals surface area contributed by atoms with E-state index >= 15 is 0 Å². The number of benzene rings is 2. The standard InChI is InChI=1S/C18H18F3N3O3/c1-11-3-5-13(6-4-11)10-22-17(25)12(2)23-15-8-7-14(18(19,20)21)9-16(15)24(26)27/h3-9,12,23H,10H2,1-2H3,(H,22,25)/t12-/m1/s1. The number of nitrogens with one attached hydrogen (secondary N) is 2. The van der Waals surface area contributed by atoms with Crippen molar-refractivity contribution >= 4 is 17.3 Å². The Morgan fingerprint density at radius 2 is 1.81 bits per heavy atom. The molecule has 0 unspecified atom stereocenters. The van der Waals surface area contributed by atoms with Gasteiger partial charge in [-0.3, -0.25) is 14.9 Å². The van der Waals surface area contributed by atoms with E-state index in [2.05, 4.69) is 10.6 Å². The molecule has 0 aromatic heterocycles. The molecule has 0 bridgehead atoms. The SMILES string of the molecule is Cc1ccc(CNC(=O)[C@@H](C)Nc2ccc(C(F)(F)F)cc2[N+](=O)[O-])cc1. The molecule has 0 saturated heterocycles. The summed E-state index contributed by atoms with van der Waals surface area (Å²) in [4.78, 5) is 22.3. The number of hydrogen-bond acceptors (Lipinski definition) is 4. The van der Waals surface area contributed by atoms with Gasteiger partial charge in [0, 0.05) is 12.6 Å². The van der Waals surface area contributed by atoms with Crippen LogP contribution in [0.4, 0.5) is 24.5 Å². The van der Waals surface area contributed by atoms with Crippen LogP contribution in [0.1, 0.15) is 23.6 Å². The zero-order chi connectivity index (χ0) is 20.2. The van der Waals surface area contributed by atoms with Crippen LogP contribution < -0.4 is 10.6 Å². The van der Waals surface area contributed by atoms with Gasteiger partial charge < -0.3 is 10.6 Å². The van der Waals surface area contributed by atoms with Gasteiger partial charge in [-0.25, -0.2) is 0 Å². The second kappa shape index (κ2) is 8.07. The Kier molecular flexibility index (Phi) is 6.04. The number of carbonyl (C=O) groups excluding carboxylic acids is 1. The lowest BCUT2D eigenvalue weighted by atomic mass is 10.1. The van der Waals surface area contributed by atoms with Gasteiger partial charge in [0.25, 0.3) is 5.69 Å². The number of rotatable bonds is 6. The van der Waals surface area contributed by atoms with Crippen molar-refractivity contribution in [3.63, 3.8) is 0 Å². The van der Waals surface area contributed by atoms with Crippen molar-refractivity contribution in [3.05, 3.63) is 69.3 Å². The van der Waals surface area contributed by atoms with Crippen LogP contribution in [-0.4, -0.2) is 16.9 Å². The van der Waals surface area contributed by atoms with Gasteiger partial charge >= 0.3 is 6.18 Å². The van der Waals surface area contributed by atoms with Crippen LogP contribution in [0.15, 0.2) is 42.5 Å². The van der Waals surface area contributed by atoms with E-state index in [1.165, 1.54) is 6.92 Å². The van der Waals surface area contributed by atoms with E-state index in [-0.39, 0.29) is 12.2 Å². The normalized spacial score (nSPS) is 12.3. The monoisotopic (exact) mass is 381 g/mol. The summed E-state index contributed by atoms with van der Waals surface area (Å²) >= 11 is 0. The van der Waals surface area contributed by atoms with E-state index < -0.39 is 34.3 Å². The van der Waals surface area contributed by atoms with E-state index in [0.717, 1.165) is 23.3 Å². The molecule has 144 valence electrons. The Bertz CT molecular complexity index is 836. The fourth-order valence-corrected chi connectivity index (χ4v) is 2.33. The van der Waals surface area contributed by atoms with Crippen molar-refractivity contribution < 1.29 is 22.9 Å². The molecule has 27 heavy (non-hydrogen) atoms. The lowest BCUT2D eigenvalue weighted by molar-refractivity contribution is -0.384. The van der Waals surface area contributed by atoms with E-state index in [4.69, 9.17) is 0 Å². The summed E-state index contributed by atoms with van der Waals surface area (Å²) in [6, 6.07) is 8.74. The van der Waals surface area contributed by atoms with Crippen molar-refractivity contribution in [3.8, 4) is 0 Å². The Morgan fingerprint density at radius 1 is 1.19 bits per heavy atom. The quantitative estimate of drug-likeness (QED) is 0.584. The zero-order valence-corrected chi connectivity index (χ0v) is 14.6. The number of aryl methyl sites for hydroxylation is 1. The molecule has 2 N–H and O–H groups in total. The lowest BCUT2D eigenvalue weighted by Gasteiger charge is -2.16. The molecule has 2 aromatic carbocycles. The van der Waals surface area contributed by atoms with Crippen molar-refractivity contribution in [2.75, 3.05) is 5.32 Å². The minimum atomic E-state index is -4.69. The lowest BCUT2D eigenvalue weighted by Crippen LogP contribution is -2.37. The summed E-state index contributed by atoms with van der Waals surface area (Å²) in [6.07, 6.45) is -4.69. The van der Waals surface area contributed by atoms with Crippen LogP contribution in [0.3, 0.4) is 0 Å². The first-order valence-corrected chi connectivity index (χ1v) is 8.03. The third-order valence-corrected chi connectivity index (χ3v) is 3.87. The number of amides is 1. The number of carbonyl (C=O) groups is 1. The van der Waals surface area contributed by atoms with Gasteiger partial charge in [0.2, 0.25) is 5.91 Å². The van der Waals surface area contributed by atoms with Gasteiger partial charge in [-0.1, -0.05) is 29.8 Å². The molecule has 1 atom stereocenters. The number of nitro benzene ring substituents is 1. The summed E-state index contributed by atoms with van der Waals surface area (Å²) in [5, 5.41) is 16.4. The minimum Gasteiger partial charge on any atom is -0.368 e. The highest BCUT2D eigenvalue weighted by Crippen LogP contribution is 2.35. The third-order valence-electron chi connectivity index (χ3n) is 3.87. The number of hydrogen-bond donors (Lipinski definition) is 2. The number of nitro groups is 1. The summed E-state index contributed by atoms with van der Waals surface area (Å²) in [6.45, 7) is 3.66. The molecule has 2 rings (SSSR count). The highest BCUT2D eigenvalue weighted by molar-refractivity contribution is 5.85. The molecule has 6 nitrogen and oxygen atoms in total. The largest absolute Gasteiger partial charge is 0.416 e. The predicted octanol–water partition coefficient (Wildman–Crippen LogP) is 4.04. The maximum absolute atomic E-state index is 12.7. The summed E-state index contributed by atoms with van der Waals surface area (Å²) in [5.74, 6) is -0.440. The Hall–Kier alpha value is -3.10. The first-order valence-electron chi connectivity index (χ1n) is 8.03. The molecule has 0 aliphatic heterocycles. The predicted molar refractivity (Wildman–Crippen MR) is 94.2 cm³/mol. The topological polar surface area (TPSA) is 84.3 Å². The smallest absolute Gasteiger partial charge is 0.368 e. The van der Waals surface area contributed by atoms with Gasteiger partial charge in [0.1, 0.15) is 11.7 Å². The molecular formula is C18H18F3N3O3. The van der Waals surface area contributed by atoms with Crippen LogP contribution in [-0.2, 0) is 17.5 Å². The maximum Gasteiger partial charge on any atom is 0.416 e. The van der Waals surface area contributed by atoms with Gasteiger partial charge in [-0.15, -0.1) is 0 Å². The number of nitrogens with zero attached hydrogens (tertiary/aromatic N) is 1. The summed E-state index contributed by atoms with van der Waals surface area (Å²) in [7, 11) is 0. The molecule has 0 aliphatic rings. The Morgan fingerprint density at radius 3 is 2.37 bits per heavy atom. The zero-order valence-electron chi connectivity index (χ0n) is 14.6. The fourth-order valence-electron chi connectivity index (χ4n) is 2.33. The highest BCUT2D eigenvalue weighted by atomic mass is 19.4. The first kappa shape index (κ1) is 20.2. The van der Waals surface area contributed by atoms with Crippen molar-refractivity contribution in [2.45, 2.75) is 32.6 Å². The van der Waals surface area contributed by atoms with Gasteiger partial charge in [-0.05, 0) is 31.5 Å². The number of alkyl halides is 3. The minimum absolute atomic E-state index is 0.161.